The van der Waals surface area contributed by atoms with Crippen molar-refractivity contribution in [2.75, 3.05) is 0 Å². The van der Waals surface area contributed by atoms with Crippen molar-refractivity contribution in [3.63, 3.8) is 0 Å². The van der Waals surface area contributed by atoms with Crippen molar-refractivity contribution in [2.45, 2.75) is 6.54 Å². The summed E-state index contributed by atoms with van der Waals surface area (Å²) in [6.07, 6.45) is 1.43. The van der Waals surface area contributed by atoms with E-state index in [1.807, 2.05) is 0 Å². The lowest BCUT2D eigenvalue weighted by Gasteiger charge is -2.12. The maximum absolute atomic E-state index is 12.9. The van der Waals surface area contributed by atoms with E-state index in [1.165, 1.54) is 18.4 Å². The summed E-state index contributed by atoms with van der Waals surface area (Å²) in [5, 5.41) is 9.89. The van der Waals surface area contributed by atoms with E-state index in [1.54, 1.807) is 12.1 Å². The molecule has 6 heteroatoms. The number of hydrogen-bond donors (Lipinski definition) is 1. The van der Waals surface area contributed by atoms with E-state index in [0.717, 1.165) is 17.0 Å². The van der Waals surface area contributed by atoms with Gasteiger partial charge in [0.25, 0.3) is 11.8 Å². The van der Waals surface area contributed by atoms with Crippen LogP contribution in [0, 0.1) is 5.82 Å². The number of benzene rings is 1. The van der Waals surface area contributed by atoms with Gasteiger partial charge in [-0.05, 0) is 29.8 Å². The highest BCUT2D eigenvalue weighted by molar-refractivity contribution is 6.34. The third-order valence-electron chi connectivity index (χ3n) is 3.17. The van der Waals surface area contributed by atoms with Gasteiger partial charge in [0.05, 0.1) is 18.4 Å². The number of imide groups is 1. The first-order chi connectivity index (χ1) is 10.1. The van der Waals surface area contributed by atoms with Crippen molar-refractivity contribution in [1.29, 1.82) is 0 Å². The fourth-order valence-corrected chi connectivity index (χ4v) is 2.14. The third-order valence-corrected chi connectivity index (χ3v) is 3.17. The molecule has 2 aromatic rings. The maximum atomic E-state index is 12.9. The predicted octanol–water partition coefficient (Wildman–Crippen LogP) is 2.26. The molecule has 106 valence electrons. The van der Waals surface area contributed by atoms with Gasteiger partial charge in [-0.25, -0.2) is 4.39 Å². The van der Waals surface area contributed by atoms with Crippen LogP contribution in [0.5, 0.6) is 0 Å². The third kappa shape index (κ3) is 2.20. The van der Waals surface area contributed by atoms with E-state index >= 15 is 0 Å². The first-order valence-electron chi connectivity index (χ1n) is 6.15. The molecular weight excluding hydrogens is 277 g/mol. The maximum Gasteiger partial charge on any atom is 0.296 e. The van der Waals surface area contributed by atoms with Crippen LogP contribution in [0.25, 0.3) is 5.57 Å². The standard InChI is InChI=1S/C15H10FNO4/c16-10-5-3-9(4-6-10)12-13(18)15(20)17(14(12)19)8-11-2-1-7-21-11/h1-7,18H,8H2. The minimum atomic E-state index is -0.796. The first kappa shape index (κ1) is 13.1. The second kappa shape index (κ2) is 4.90. The number of aliphatic hydroxyl groups is 1. The molecule has 2 heterocycles. The van der Waals surface area contributed by atoms with Crippen molar-refractivity contribution in [2.24, 2.45) is 0 Å². The lowest BCUT2D eigenvalue weighted by atomic mass is 10.1. The van der Waals surface area contributed by atoms with E-state index in [4.69, 9.17) is 4.42 Å². The number of halogens is 1. The Bertz CT molecular complexity index is 732. The highest BCUT2D eigenvalue weighted by atomic mass is 19.1. The summed E-state index contributed by atoms with van der Waals surface area (Å²) < 4.78 is 18.0. The Morgan fingerprint density at radius 1 is 1.10 bits per heavy atom. The van der Waals surface area contributed by atoms with Gasteiger partial charge in [0, 0.05) is 0 Å². The Labute approximate surface area is 118 Å². The lowest BCUT2D eigenvalue weighted by molar-refractivity contribution is -0.139. The lowest BCUT2D eigenvalue weighted by Crippen LogP contribution is -2.30. The molecule has 0 radical (unpaired) electrons. The van der Waals surface area contributed by atoms with Gasteiger partial charge in [0.15, 0.2) is 5.76 Å². The normalized spacial score (nSPS) is 15.2. The molecule has 0 saturated carbocycles. The molecule has 21 heavy (non-hydrogen) atoms. The average molecular weight is 287 g/mol. The molecule has 3 rings (SSSR count). The van der Waals surface area contributed by atoms with Crippen molar-refractivity contribution < 1.29 is 23.5 Å². The van der Waals surface area contributed by atoms with Crippen molar-refractivity contribution in [1.82, 2.24) is 4.90 Å². The van der Waals surface area contributed by atoms with Gasteiger partial charge in [0.2, 0.25) is 0 Å². The number of carbonyl (C=O) groups excluding carboxylic acids is 2. The molecule has 2 amide bonds. The minimum Gasteiger partial charge on any atom is -0.502 e. The summed E-state index contributed by atoms with van der Waals surface area (Å²) in [5.41, 5.74) is 0.153. The number of rotatable bonds is 3. The van der Waals surface area contributed by atoms with Crippen molar-refractivity contribution in [3.8, 4) is 0 Å². The zero-order valence-electron chi connectivity index (χ0n) is 10.7. The van der Waals surface area contributed by atoms with E-state index in [2.05, 4.69) is 0 Å². The number of aliphatic hydroxyl groups excluding tert-OH is 1. The quantitative estimate of drug-likeness (QED) is 0.879. The summed E-state index contributed by atoms with van der Waals surface area (Å²) >= 11 is 0. The molecular formula is C15H10FNO4. The molecule has 1 aliphatic rings. The largest absolute Gasteiger partial charge is 0.502 e. The van der Waals surface area contributed by atoms with E-state index in [0.29, 0.717) is 5.76 Å². The van der Waals surface area contributed by atoms with Gasteiger partial charge >= 0.3 is 0 Å². The van der Waals surface area contributed by atoms with Crippen LogP contribution < -0.4 is 0 Å². The van der Waals surface area contributed by atoms with Crippen LogP contribution >= 0.6 is 0 Å². The SMILES string of the molecule is O=C1C(O)=C(c2ccc(F)cc2)C(=O)N1Cc1ccco1. The highest BCUT2D eigenvalue weighted by Gasteiger charge is 2.39. The second-order valence-electron chi connectivity index (χ2n) is 4.51. The fraction of sp³-hybridized carbons (Fsp3) is 0.0667. The molecule has 0 spiro atoms. The van der Waals surface area contributed by atoms with Gasteiger partial charge in [0.1, 0.15) is 11.6 Å². The van der Waals surface area contributed by atoms with Gasteiger partial charge in [-0.1, -0.05) is 12.1 Å². The van der Waals surface area contributed by atoms with Gasteiger partial charge in [-0.15, -0.1) is 0 Å². The van der Waals surface area contributed by atoms with E-state index in [9.17, 15) is 19.1 Å². The van der Waals surface area contributed by atoms with Crippen molar-refractivity contribution >= 4 is 17.4 Å². The van der Waals surface area contributed by atoms with Crippen molar-refractivity contribution in [3.05, 3.63) is 65.6 Å². The summed E-state index contributed by atoms with van der Waals surface area (Å²) in [6.45, 7) is -0.0700. The number of nitrogens with zero attached hydrogens (tertiary/aromatic N) is 1. The number of amides is 2. The molecule has 0 saturated heterocycles. The Balaban J connectivity index is 1.93. The molecule has 1 aromatic heterocycles. The molecule has 1 aliphatic heterocycles. The molecule has 0 fully saturated rings. The predicted molar refractivity (Wildman–Crippen MR) is 70.2 cm³/mol. The summed E-state index contributed by atoms with van der Waals surface area (Å²) in [6, 6.07) is 8.23. The van der Waals surface area contributed by atoms with Crippen LogP contribution in [0.15, 0.2) is 52.8 Å². The Hall–Kier alpha value is -2.89. The molecule has 0 atom stereocenters. The molecule has 0 bridgehead atoms. The van der Waals surface area contributed by atoms with Crippen LogP contribution in [-0.2, 0) is 16.1 Å². The smallest absolute Gasteiger partial charge is 0.296 e. The van der Waals surface area contributed by atoms with Gasteiger partial charge < -0.3 is 9.52 Å². The van der Waals surface area contributed by atoms with Crippen LogP contribution in [0.4, 0.5) is 4.39 Å². The number of hydrogen-bond acceptors (Lipinski definition) is 4. The Morgan fingerprint density at radius 2 is 1.81 bits per heavy atom. The first-order valence-corrected chi connectivity index (χ1v) is 6.15. The van der Waals surface area contributed by atoms with Crippen LogP contribution in [0.3, 0.4) is 0 Å². The molecule has 5 nitrogen and oxygen atoms in total. The van der Waals surface area contributed by atoms with Crippen LogP contribution in [0.1, 0.15) is 11.3 Å². The van der Waals surface area contributed by atoms with E-state index in [-0.39, 0.29) is 17.7 Å². The zero-order valence-corrected chi connectivity index (χ0v) is 10.7. The summed E-state index contributed by atoms with van der Waals surface area (Å²) in [7, 11) is 0. The van der Waals surface area contributed by atoms with Gasteiger partial charge in [-0.2, -0.15) is 0 Å². The van der Waals surface area contributed by atoms with Crippen LogP contribution in [0.2, 0.25) is 0 Å². The van der Waals surface area contributed by atoms with Crippen LogP contribution in [-0.4, -0.2) is 21.8 Å². The molecule has 1 N–H and O–H groups in total. The zero-order chi connectivity index (χ0) is 15.0. The average Bonchev–Trinajstić information content (AvgIpc) is 3.05. The molecule has 0 aliphatic carbocycles. The van der Waals surface area contributed by atoms with Gasteiger partial charge in [-0.3, -0.25) is 14.5 Å². The van der Waals surface area contributed by atoms with E-state index < -0.39 is 23.4 Å². The number of carbonyl (C=O) groups is 2. The number of furan rings is 1. The molecule has 1 aromatic carbocycles. The fourth-order valence-electron chi connectivity index (χ4n) is 2.14. The highest BCUT2D eigenvalue weighted by Crippen LogP contribution is 2.29. The minimum absolute atomic E-state index is 0.0700. The summed E-state index contributed by atoms with van der Waals surface area (Å²) in [5.74, 6) is -2.12. The monoisotopic (exact) mass is 287 g/mol. The Morgan fingerprint density at radius 3 is 2.43 bits per heavy atom. The molecule has 0 unspecified atom stereocenters. The summed E-state index contributed by atoms with van der Waals surface area (Å²) in [4.78, 5) is 25.1. The second-order valence-corrected chi connectivity index (χ2v) is 4.51. The Kier molecular flexibility index (Phi) is 3.06. The topological polar surface area (TPSA) is 70.8 Å².